The summed E-state index contributed by atoms with van der Waals surface area (Å²) in [5.74, 6) is -0.352. The van der Waals surface area contributed by atoms with Crippen molar-refractivity contribution in [3.05, 3.63) is 63.8 Å². The number of amides is 1. The smallest absolute Gasteiger partial charge is 0.264 e. The van der Waals surface area contributed by atoms with Gasteiger partial charge in [0.2, 0.25) is 11.5 Å². The molecule has 3 aromatic rings. The Balaban J connectivity index is 1.72. The van der Waals surface area contributed by atoms with Crippen molar-refractivity contribution >= 4 is 23.2 Å². The summed E-state index contributed by atoms with van der Waals surface area (Å²) < 4.78 is 59.1. The first-order valence-corrected chi connectivity index (χ1v) is 13.5. The number of alkyl halides is 2. The van der Waals surface area contributed by atoms with Gasteiger partial charge in [-0.05, 0) is 27.3 Å². The predicted octanol–water partition coefficient (Wildman–Crippen LogP) is 3.97. The Labute approximate surface area is 245 Å². The highest BCUT2D eigenvalue weighted by molar-refractivity contribution is 6.07. The van der Waals surface area contributed by atoms with E-state index in [9.17, 15) is 23.5 Å². The maximum Gasteiger partial charge on any atom is 0.264 e. The molecule has 2 atom stereocenters. The van der Waals surface area contributed by atoms with E-state index in [4.69, 9.17) is 0 Å². The molecule has 228 valence electrons. The Morgan fingerprint density at radius 3 is 2.60 bits per heavy atom. The van der Waals surface area contributed by atoms with Crippen LogP contribution >= 0.6 is 0 Å². The van der Waals surface area contributed by atoms with Gasteiger partial charge in [-0.2, -0.15) is 0 Å². The molecule has 43 heavy (non-hydrogen) atoms. The van der Waals surface area contributed by atoms with Crippen LogP contribution in [-0.4, -0.2) is 69.7 Å². The maximum atomic E-state index is 16.2. The number of benzene rings is 1. The molecule has 0 saturated carbocycles. The Morgan fingerprint density at radius 1 is 1.23 bits per heavy atom. The zero-order valence-corrected chi connectivity index (χ0v) is 23.7. The van der Waals surface area contributed by atoms with Crippen LogP contribution in [0.25, 0.3) is 11.1 Å². The number of rotatable bonds is 8. The van der Waals surface area contributed by atoms with Crippen molar-refractivity contribution in [2.45, 2.75) is 45.3 Å². The van der Waals surface area contributed by atoms with E-state index in [-0.39, 0.29) is 23.2 Å². The second kappa shape index (κ2) is 13.7. The molecule has 4 rings (SSSR count). The molecular weight excluding hydrogens is 570 g/mol. The molecule has 3 heterocycles. The minimum atomic E-state index is -3.15. The molecule has 1 aromatic carbocycles. The van der Waals surface area contributed by atoms with Crippen LogP contribution in [0.3, 0.4) is 0 Å². The van der Waals surface area contributed by atoms with Gasteiger partial charge < -0.3 is 25.2 Å². The first-order chi connectivity index (χ1) is 20.5. The molecule has 0 aliphatic carbocycles. The first-order valence-electron chi connectivity index (χ1n) is 13.5. The third-order valence-corrected chi connectivity index (χ3v) is 7.06. The van der Waals surface area contributed by atoms with E-state index in [1.54, 1.807) is 11.8 Å². The molecule has 0 bridgehead atoms. The summed E-state index contributed by atoms with van der Waals surface area (Å²) >= 11 is 0. The Hall–Kier alpha value is -4.48. The van der Waals surface area contributed by atoms with E-state index in [1.165, 1.54) is 12.4 Å². The summed E-state index contributed by atoms with van der Waals surface area (Å²) in [6.45, 7) is 4.91. The van der Waals surface area contributed by atoms with Crippen LogP contribution in [-0.2, 0) is 0 Å². The molecule has 4 N–H and O–H groups in total. The first kappa shape index (κ1) is 31.5. The van der Waals surface area contributed by atoms with E-state index < -0.39 is 58.0 Å². The Kier molecular flexibility index (Phi) is 9.99. The highest BCUT2D eigenvalue weighted by atomic mass is 19.3. The monoisotopic (exact) mass is 601 g/mol. The van der Waals surface area contributed by atoms with Crippen LogP contribution in [0, 0.1) is 23.6 Å². The molecule has 14 heteroatoms. The fraction of sp³-hybridized carbons (Fsp3) is 0.379. The van der Waals surface area contributed by atoms with Gasteiger partial charge >= 0.3 is 0 Å². The second-order valence-corrected chi connectivity index (χ2v) is 10.2. The minimum absolute atomic E-state index is 0.0105. The third kappa shape index (κ3) is 7.49. The lowest BCUT2D eigenvalue weighted by Crippen LogP contribution is -2.50. The number of anilines is 3. The zero-order chi connectivity index (χ0) is 31.3. The number of pyridine rings is 1. The van der Waals surface area contributed by atoms with Gasteiger partial charge in [-0.3, -0.25) is 14.9 Å². The Bertz CT molecular complexity index is 1590. The van der Waals surface area contributed by atoms with Gasteiger partial charge in [-0.1, -0.05) is 5.92 Å². The van der Waals surface area contributed by atoms with Crippen molar-refractivity contribution in [2.24, 2.45) is 0 Å². The molecule has 1 saturated heterocycles. The zero-order valence-electron chi connectivity index (χ0n) is 23.7. The molecule has 1 aliphatic rings. The van der Waals surface area contributed by atoms with Crippen LogP contribution in [0.5, 0.6) is 0 Å². The number of nitrogens with zero attached hydrogens (tertiary/aromatic N) is 4. The fourth-order valence-electron chi connectivity index (χ4n) is 4.52. The number of aromatic amines is 1. The molecule has 0 spiro atoms. The largest absolute Gasteiger partial charge is 0.393 e. The summed E-state index contributed by atoms with van der Waals surface area (Å²) in [7, 11) is 1.91. The van der Waals surface area contributed by atoms with E-state index in [1.807, 2.05) is 14.0 Å². The number of carbonyl (C=O) groups excluding carboxylic acids is 1. The van der Waals surface area contributed by atoms with E-state index in [0.717, 1.165) is 12.3 Å². The number of hydrogen-bond acceptors (Lipinski definition) is 8. The number of likely N-dealkylation sites (N-methyl/N-ethyl adjacent to an activating group) is 1. The van der Waals surface area contributed by atoms with Crippen LogP contribution in [0.15, 0.2) is 35.5 Å². The van der Waals surface area contributed by atoms with E-state index in [2.05, 4.69) is 42.5 Å². The normalized spacial score (nSPS) is 16.0. The van der Waals surface area contributed by atoms with Crippen LogP contribution < -0.4 is 21.1 Å². The van der Waals surface area contributed by atoms with Crippen LogP contribution in [0.2, 0.25) is 0 Å². The van der Waals surface area contributed by atoms with Gasteiger partial charge in [0.15, 0.2) is 5.82 Å². The summed E-state index contributed by atoms with van der Waals surface area (Å²) in [6, 6.07) is 4.32. The van der Waals surface area contributed by atoms with Gasteiger partial charge in [-0.25, -0.2) is 27.5 Å². The quantitative estimate of drug-likeness (QED) is 0.174. The summed E-state index contributed by atoms with van der Waals surface area (Å²) in [5, 5.41) is 14.3. The maximum absolute atomic E-state index is 16.2. The predicted molar refractivity (Wildman–Crippen MR) is 154 cm³/mol. The summed E-state index contributed by atoms with van der Waals surface area (Å²) in [6.07, 6.45) is 0.458. The lowest BCUT2D eigenvalue weighted by molar-refractivity contribution is 0.101. The number of carbonyl (C=O) groups is 1. The minimum Gasteiger partial charge on any atom is -0.393 e. The topological polar surface area (TPSA) is 126 Å². The highest BCUT2D eigenvalue weighted by Crippen LogP contribution is 2.39. The summed E-state index contributed by atoms with van der Waals surface area (Å²) in [5.41, 5.74) is -3.20. The lowest BCUT2D eigenvalue weighted by Gasteiger charge is -2.39. The van der Waals surface area contributed by atoms with Crippen molar-refractivity contribution < 1.29 is 27.5 Å². The number of halogens is 4. The molecule has 10 nitrogen and oxygen atoms in total. The second-order valence-electron chi connectivity index (χ2n) is 10.2. The average Bonchev–Trinajstić information content (AvgIpc) is 2.96. The van der Waals surface area contributed by atoms with E-state index in [0.29, 0.717) is 38.5 Å². The highest BCUT2D eigenvalue weighted by Gasteiger charge is 2.29. The SMILES string of the molecule is CC(O)CCC#CNc1ncc(-c2c(F)cc(N3CCN(C)C(C)C3)c(NC(=O)c3c[nH]c(=O)cc3C(F)F)c2F)cn1. The van der Waals surface area contributed by atoms with Crippen molar-refractivity contribution in [1.82, 2.24) is 19.9 Å². The molecule has 1 fully saturated rings. The number of piperazine rings is 1. The standard InChI is InChI=1S/C29H31F4N7O3/c1-16-15-40(9-8-39(16)3)22-11-21(30)24(18-12-36-29(37-13-18)34-7-5-4-6-17(2)41)25(31)26(22)38-28(43)20-14-35-23(42)10-19(20)27(32)33/h10-14,16-17,27,41H,4,6,8-9,15H2,1-3H3,(H,35,42)(H,38,43)(H,34,36,37). The molecule has 2 unspecified atom stereocenters. The average molecular weight is 602 g/mol. The number of nitrogens with one attached hydrogen (secondary N) is 3. The van der Waals surface area contributed by atoms with Gasteiger partial charge in [0.25, 0.3) is 12.3 Å². The number of H-pyrrole nitrogens is 1. The Morgan fingerprint density at radius 2 is 1.95 bits per heavy atom. The number of aromatic nitrogens is 3. The van der Waals surface area contributed by atoms with E-state index >= 15 is 8.78 Å². The fourth-order valence-corrected chi connectivity index (χ4v) is 4.52. The van der Waals surface area contributed by atoms with Crippen LogP contribution in [0.1, 0.15) is 49.0 Å². The van der Waals surface area contributed by atoms with Crippen LogP contribution in [0.4, 0.5) is 34.9 Å². The van der Waals surface area contributed by atoms with Crippen molar-refractivity contribution in [1.29, 1.82) is 0 Å². The molecular formula is C29H31F4N7O3. The van der Waals surface area contributed by atoms with Gasteiger partial charge in [0.05, 0.1) is 22.9 Å². The van der Waals surface area contributed by atoms with Gasteiger partial charge in [-0.15, -0.1) is 0 Å². The molecule has 2 aromatic heterocycles. The number of aliphatic hydroxyl groups excluding tert-OH is 1. The number of aliphatic hydroxyl groups is 1. The van der Waals surface area contributed by atoms with Crippen molar-refractivity contribution in [3.63, 3.8) is 0 Å². The van der Waals surface area contributed by atoms with Crippen molar-refractivity contribution in [3.8, 4) is 23.1 Å². The van der Waals surface area contributed by atoms with Gasteiger partial charge in [0.1, 0.15) is 11.5 Å². The summed E-state index contributed by atoms with van der Waals surface area (Å²) in [4.78, 5) is 38.9. The molecule has 0 radical (unpaired) electrons. The van der Waals surface area contributed by atoms with Crippen molar-refractivity contribution in [2.75, 3.05) is 42.2 Å². The van der Waals surface area contributed by atoms with Gasteiger partial charge in [0, 0.05) is 80.0 Å². The molecule has 1 amide bonds. The lowest BCUT2D eigenvalue weighted by atomic mass is 10.0. The third-order valence-electron chi connectivity index (χ3n) is 7.06. The number of hydrogen-bond donors (Lipinski definition) is 4. The molecule has 1 aliphatic heterocycles.